The molecule has 2 atom stereocenters. The summed E-state index contributed by atoms with van der Waals surface area (Å²) in [5, 5.41) is 3.54. The maximum absolute atomic E-state index is 5.38. The average Bonchev–Trinajstić information content (AvgIpc) is 2.79. The van der Waals surface area contributed by atoms with E-state index in [1.165, 1.54) is 12.8 Å². The van der Waals surface area contributed by atoms with Gasteiger partial charge in [0.1, 0.15) is 5.76 Å². The van der Waals surface area contributed by atoms with Gasteiger partial charge in [-0.25, -0.2) is 0 Å². The van der Waals surface area contributed by atoms with E-state index in [2.05, 4.69) is 19.2 Å². The van der Waals surface area contributed by atoms with Crippen LogP contribution >= 0.6 is 0 Å². The predicted molar refractivity (Wildman–Crippen MR) is 65.4 cm³/mol. The van der Waals surface area contributed by atoms with E-state index in [-0.39, 0.29) is 6.04 Å². The first kappa shape index (κ1) is 13.3. The fourth-order valence-corrected chi connectivity index (χ4v) is 1.84. The van der Waals surface area contributed by atoms with Gasteiger partial charge in [0.15, 0.2) is 0 Å². The van der Waals surface area contributed by atoms with Crippen LogP contribution in [0.4, 0.5) is 0 Å². The summed E-state index contributed by atoms with van der Waals surface area (Å²) in [5.74, 6) is 0.984. The third kappa shape index (κ3) is 4.37. The lowest BCUT2D eigenvalue weighted by Crippen LogP contribution is -2.35. The van der Waals surface area contributed by atoms with E-state index >= 15 is 0 Å². The zero-order chi connectivity index (χ0) is 11.8. The molecule has 1 heterocycles. The van der Waals surface area contributed by atoms with Crippen LogP contribution in [-0.4, -0.2) is 19.8 Å². The summed E-state index contributed by atoms with van der Waals surface area (Å²) in [5.41, 5.74) is 0. The lowest BCUT2D eigenvalue weighted by Gasteiger charge is -2.21. The number of nitrogens with one attached hydrogen (secondary N) is 1. The van der Waals surface area contributed by atoms with Crippen molar-refractivity contribution in [2.24, 2.45) is 0 Å². The predicted octanol–water partition coefficient (Wildman–Crippen LogP) is 3.14. The number of hydrogen-bond donors (Lipinski definition) is 1. The normalized spacial score (nSPS) is 14.9. The van der Waals surface area contributed by atoms with E-state index in [9.17, 15) is 0 Å². The zero-order valence-corrected chi connectivity index (χ0v) is 10.5. The molecule has 1 aromatic heterocycles. The van der Waals surface area contributed by atoms with Gasteiger partial charge >= 0.3 is 0 Å². The van der Waals surface area contributed by atoms with Gasteiger partial charge in [-0.3, -0.25) is 0 Å². The van der Waals surface area contributed by atoms with E-state index in [4.69, 9.17) is 9.15 Å². The van der Waals surface area contributed by atoms with Crippen LogP contribution < -0.4 is 5.32 Å². The molecular formula is C13H23NO2. The monoisotopic (exact) mass is 225 g/mol. The molecule has 92 valence electrons. The Morgan fingerprint density at radius 3 is 2.88 bits per heavy atom. The van der Waals surface area contributed by atoms with E-state index in [1.807, 2.05) is 12.1 Å². The Balaban J connectivity index is 2.40. The van der Waals surface area contributed by atoms with Crippen LogP contribution in [0, 0.1) is 0 Å². The number of rotatable bonds is 8. The zero-order valence-electron chi connectivity index (χ0n) is 10.5. The summed E-state index contributed by atoms with van der Waals surface area (Å²) < 4.78 is 10.6. The Kier molecular flexibility index (Phi) is 6.19. The van der Waals surface area contributed by atoms with Crippen molar-refractivity contribution in [1.29, 1.82) is 0 Å². The molecule has 3 heteroatoms. The van der Waals surface area contributed by atoms with E-state index in [1.54, 1.807) is 13.4 Å². The van der Waals surface area contributed by atoms with Crippen molar-refractivity contribution in [2.75, 3.05) is 13.7 Å². The second kappa shape index (κ2) is 7.47. The molecule has 0 spiro atoms. The molecule has 0 aliphatic heterocycles. The lowest BCUT2D eigenvalue weighted by molar-refractivity contribution is 0.154. The number of furan rings is 1. The van der Waals surface area contributed by atoms with Gasteiger partial charge in [0.2, 0.25) is 0 Å². The fraction of sp³-hybridized carbons (Fsp3) is 0.692. The van der Waals surface area contributed by atoms with Crippen LogP contribution in [0.1, 0.15) is 44.9 Å². The van der Waals surface area contributed by atoms with Crippen molar-refractivity contribution >= 4 is 0 Å². The highest BCUT2D eigenvalue weighted by Gasteiger charge is 2.14. The van der Waals surface area contributed by atoms with Gasteiger partial charge in [-0.1, -0.05) is 19.8 Å². The molecule has 0 bridgehead atoms. The van der Waals surface area contributed by atoms with Crippen molar-refractivity contribution < 1.29 is 9.15 Å². The van der Waals surface area contributed by atoms with Crippen LogP contribution in [0.2, 0.25) is 0 Å². The highest BCUT2D eigenvalue weighted by Crippen LogP contribution is 2.14. The summed E-state index contributed by atoms with van der Waals surface area (Å²) in [7, 11) is 1.75. The Labute approximate surface area is 98.2 Å². The fourth-order valence-electron chi connectivity index (χ4n) is 1.84. The Morgan fingerprint density at radius 1 is 1.50 bits per heavy atom. The van der Waals surface area contributed by atoms with Crippen LogP contribution in [0.3, 0.4) is 0 Å². The van der Waals surface area contributed by atoms with E-state index in [0.29, 0.717) is 6.04 Å². The van der Waals surface area contributed by atoms with E-state index < -0.39 is 0 Å². The van der Waals surface area contributed by atoms with Crippen LogP contribution in [0.25, 0.3) is 0 Å². The molecule has 0 saturated heterocycles. The highest BCUT2D eigenvalue weighted by molar-refractivity contribution is 5.03. The minimum absolute atomic E-state index is 0.243. The number of methoxy groups -OCH3 is 1. The molecule has 0 radical (unpaired) electrons. The largest absolute Gasteiger partial charge is 0.468 e. The summed E-state index contributed by atoms with van der Waals surface area (Å²) in [6.07, 6.45) is 5.31. The Bertz CT molecular complexity index is 259. The van der Waals surface area contributed by atoms with Gasteiger partial charge in [0.25, 0.3) is 0 Å². The van der Waals surface area contributed by atoms with Gasteiger partial charge in [0, 0.05) is 13.2 Å². The summed E-state index contributed by atoms with van der Waals surface area (Å²) in [6.45, 7) is 5.08. The van der Waals surface area contributed by atoms with Crippen molar-refractivity contribution in [3.05, 3.63) is 24.2 Å². The molecule has 3 nitrogen and oxygen atoms in total. The lowest BCUT2D eigenvalue weighted by atomic mass is 10.1. The van der Waals surface area contributed by atoms with Crippen molar-refractivity contribution in [1.82, 2.24) is 5.32 Å². The molecule has 1 rings (SSSR count). The van der Waals surface area contributed by atoms with Gasteiger partial charge < -0.3 is 14.5 Å². The molecule has 0 aliphatic carbocycles. The molecule has 0 amide bonds. The highest BCUT2D eigenvalue weighted by atomic mass is 16.5. The third-order valence-electron chi connectivity index (χ3n) is 2.73. The van der Waals surface area contributed by atoms with Gasteiger partial charge in [-0.05, 0) is 25.5 Å². The average molecular weight is 225 g/mol. The topological polar surface area (TPSA) is 34.4 Å². The standard InChI is InChI=1S/C13H23NO2/c1-4-5-7-12(10-15-3)14-11(2)13-8-6-9-16-13/h6,8-9,11-12,14H,4-5,7,10H2,1-3H3. The van der Waals surface area contributed by atoms with Crippen molar-refractivity contribution in [3.63, 3.8) is 0 Å². The molecule has 1 N–H and O–H groups in total. The smallest absolute Gasteiger partial charge is 0.120 e. The van der Waals surface area contributed by atoms with E-state index in [0.717, 1.165) is 18.8 Å². The molecule has 0 saturated carbocycles. The minimum atomic E-state index is 0.243. The van der Waals surface area contributed by atoms with Crippen LogP contribution in [0.5, 0.6) is 0 Å². The maximum atomic E-state index is 5.38. The summed E-state index contributed by atoms with van der Waals surface area (Å²) in [4.78, 5) is 0. The van der Waals surface area contributed by atoms with Crippen LogP contribution in [0.15, 0.2) is 22.8 Å². The number of ether oxygens (including phenoxy) is 1. The minimum Gasteiger partial charge on any atom is -0.468 e. The molecule has 2 unspecified atom stereocenters. The first-order valence-electron chi connectivity index (χ1n) is 6.06. The summed E-state index contributed by atoms with van der Waals surface area (Å²) >= 11 is 0. The summed E-state index contributed by atoms with van der Waals surface area (Å²) in [6, 6.07) is 4.57. The molecule has 0 aromatic carbocycles. The first-order chi connectivity index (χ1) is 7.77. The first-order valence-corrected chi connectivity index (χ1v) is 6.06. The molecule has 0 fully saturated rings. The second-order valence-electron chi connectivity index (χ2n) is 4.20. The van der Waals surface area contributed by atoms with Gasteiger partial charge in [0.05, 0.1) is 18.9 Å². The third-order valence-corrected chi connectivity index (χ3v) is 2.73. The van der Waals surface area contributed by atoms with Crippen LogP contribution in [-0.2, 0) is 4.74 Å². The Hall–Kier alpha value is -0.800. The molecule has 1 aromatic rings. The van der Waals surface area contributed by atoms with Crippen molar-refractivity contribution in [3.8, 4) is 0 Å². The quantitative estimate of drug-likeness (QED) is 0.738. The SMILES string of the molecule is CCCCC(COC)NC(C)c1ccco1. The Morgan fingerprint density at radius 2 is 2.31 bits per heavy atom. The number of unbranched alkanes of at least 4 members (excludes halogenated alkanes) is 1. The second-order valence-corrected chi connectivity index (χ2v) is 4.20. The van der Waals surface area contributed by atoms with Gasteiger partial charge in [-0.15, -0.1) is 0 Å². The molecule has 16 heavy (non-hydrogen) atoms. The molecular weight excluding hydrogens is 202 g/mol. The molecule has 0 aliphatic rings. The number of hydrogen-bond acceptors (Lipinski definition) is 3. The van der Waals surface area contributed by atoms with Crippen molar-refractivity contribution in [2.45, 2.75) is 45.2 Å². The maximum Gasteiger partial charge on any atom is 0.120 e. The van der Waals surface area contributed by atoms with Gasteiger partial charge in [-0.2, -0.15) is 0 Å².